The molecule has 18 heavy (non-hydrogen) atoms. The minimum Gasteiger partial charge on any atom is -0.481 e. The fourth-order valence-corrected chi connectivity index (χ4v) is 2.13. The molecule has 1 fully saturated rings. The van der Waals surface area contributed by atoms with Crippen molar-refractivity contribution in [1.29, 1.82) is 0 Å². The van der Waals surface area contributed by atoms with Crippen LogP contribution in [0.1, 0.15) is 0 Å². The molecule has 2 N–H and O–H groups in total. The average molecular weight is 278 g/mol. The van der Waals surface area contributed by atoms with Crippen molar-refractivity contribution in [2.45, 2.75) is 6.04 Å². The second-order valence-electron chi connectivity index (χ2n) is 4.17. The zero-order chi connectivity index (χ0) is 13.7. The quantitative estimate of drug-likeness (QED) is 0.680. The summed E-state index contributed by atoms with van der Waals surface area (Å²) in [5.74, 6) is -1.28. The van der Waals surface area contributed by atoms with Crippen LogP contribution in [-0.2, 0) is 20.3 Å². The third-order valence-corrected chi connectivity index (χ3v) is 3.63. The van der Waals surface area contributed by atoms with Crippen LogP contribution >= 0.6 is 0 Å². The molecule has 3 atom stereocenters. The number of hydrogen-bond acceptors (Lipinski definition) is 4. The molecule has 104 valence electrons. The van der Waals surface area contributed by atoms with E-state index in [1.54, 1.807) is 6.26 Å². The molecule has 0 aromatic heterocycles. The normalized spacial score (nSPS) is 24.6. The molecule has 0 radical (unpaired) electrons. The molecule has 0 aromatic rings. The van der Waals surface area contributed by atoms with Gasteiger partial charge in [-0.15, -0.1) is 0 Å². The summed E-state index contributed by atoms with van der Waals surface area (Å²) in [6.45, 7) is 0.648. The monoisotopic (exact) mass is 278 g/mol. The van der Waals surface area contributed by atoms with Gasteiger partial charge in [-0.05, 0) is 0 Å². The number of hydrogen-bond donors (Lipinski definition) is 2. The molecule has 3 unspecified atom stereocenters. The Morgan fingerprint density at radius 1 is 1.50 bits per heavy atom. The van der Waals surface area contributed by atoms with Crippen LogP contribution in [0.15, 0.2) is 0 Å². The van der Waals surface area contributed by atoms with Crippen molar-refractivity contribution in [2.24, 2.45) is 5.92 Å². The van der Waals surface area contributed by atoms with Gasteiger partial charge in [0, 0.05) is 36.4 Å². The maximum Gasteiger partial charge on any atom is 0.317 e. The maximum absolute atomic E-state index is 11.7. The Bertz CT molecular complexity index is 349. The van der Waals surface area contributed by atoms with Crippen molar-refractivity contribution in [1.82, 2.24) is 10.2 Å². The van der Waals surface area contributed by atoms with E-state index in [0.717, 1.165) is 0 Å². The number of nitrogens with zero attached hydrogens (tertiary/aromatic N) is 1. The van der Waals surface area contributed by atoms with Gasteiger partial charge >= 0.3 is 12.0 Å². The summed E-state index contributed by atoms with van der Waals surface area (Å²) in [4.78, 5) is 24.0. The lowest BCUT2D eigenvalue weighted by Gasteiger charge is -2.26. The summed E-state index contributed by atoms with van der Waals surface area (Å²) < 4.78 is 15.9. The molecule has 7 nitrogen and oxygen atoms in total. The summed E-state index contributed by atoms with van der Waals surface area (Å²) in [7, 11) is 0.572. The van der Waals surface area contributed by atoms with E-state index in [0.29, 0.717) is 12.3 Å². The highest BCUT2D eigenvalue weighted by Crippen LogP contribution is 2.18. The Labute approximate surface area is 108 Å². The number of carboxylic acids is 1. The first-order valence-electron chi connectivity index (χ1n) is 5.54. The summed E-state index contributed by atoms with van der Waals surface area (Å²) >= 11 is 0. The predicted molar refractivity (Wildman–Crippen MR) is 65.8 cm³/mol. The van der Waals surface area contributed by atoms with Gasteiger partial charge in [0.1, 0.15) is 5.92 Å². The fourth-order valence-electron chi connectivity index (χ4n) is 1.74. The van der Waals surface area contributed by atoms with Gasteiger partial charge in [0.15, 0.2) is 0 Å². The first-order chi connectivity index (χ1) is 8.43. The highest BCUT2D eigenvalue weighted by atomic mass is 32.2. The number of urea groups is 1. The lowest BCUT2D eigenvalue weighted by molar-refractivity contribution is -0.142. The molecular weight excluding hydrogens is 260 g/mol. The topological polar surface area (TPSA) is 95.9 Å². The van der Waals surface area contributed by atoms with E-state index >= 15 is 0 Å². The number of rotatable bonds is 5. The lowest BCUT2D eigenvalue weighted by Crippen LogP contribution is -2.48. The van der Waals surface area contributed by atoms with Crippen LogP contribution in [0.2, 0.25) is 0 Å². The maximum atomic E-state index is 11.7. The van der Waals surface area contributed by atoms with Crippen LogP contribution in [0.3, 0.4) is 0 Å². The number of amides is 2. The van der Waals surface area contributed by atoms with Crippen molar-refractivity contribution in [3.05, 3.63) is 0 Å². The predicted octanol–water partition coefficient (Wildman–Crippen LogP) is -0.894. The van der Waals surface area contributed by atoms with Crippen molar-refractivity contribution < 1.29 is 23.6 Å². The Hall–Kier alpha value is -1.15. The number of carbonyl (C=O) groups is 2. The van der Waals surface area contributed by atoms with Crippen molar-refractivity contribution in [2.75, 3.05) is 38.8 Å². The SMILES string of the molecule is CN(C(=O)NCCS(C)=O)C1COCC1C(=O)O. The van der Waals surface area contributed by atoms with Crippen molar-refractivity contribution >= 4 is 22.8 Å². The molecular formula is C10H18N2O5S. The number of nitrogens with one attached hydrogen (secondary N) is 1. The van der Waals surface area contributed by atoms with Gasteiger partial charge < -0.3 is 20.1 Å². The van der Waals surface area contributed by atoms with E-state index in [9.17, 15) is 13.8 Å². The van der Waals surface area contributed by atoms with E-state index in [1.165, 1.54) is 11.9 Å². The fraction of sp³-hybridized carbons (Fsp3) is 0.800. The van der Waals surface area contributed by atoms with E-state index in [4.69, 9.17) is 9.84 Å². The standard InChI is InChI=1S/C10H18N2O5S/c1-12(10(15)11-3-4-18(2)16)8-6-17-5-7(8)9(13)14/h7-8H,3-6H2,1-2H3,(H,11,15)(H,13,14). The molecule has 0 saturated carbocycles. The van der Waals surface area contributed by atoms with Crippen LogP contribution in [0.5, 0.6) is 0 Å². The van der Waals surface area contributed by atoms with Gasteiger partial charge in [0.2, 0.25) is 0 Å². The third kappa shape index (κ3) is 3.95. The lowest BCUT2D eigenvalue weighted by atomic mass is 10.0. The Morgan fingerprint density at radius 2 is 2.17 bits per heavy atom. The molecule has 1 heterocycles. The van der Waals surface area contributed by atoms with Gasteiger partial charge in [-0.2, -0.15) is 0 Å². The summed E-state index contributed by atoms with van der Waals surface area (Å²) in [5, 5.41) is 11.6. The van der Waals surface area contributed by atoms with Gasteiger partial charge in [-0.1, -0.05) is 0 Å². The third-order valence-electron chi connectivity index (χ3n) is 2.85. The molecule has 8 heteroatoms. The zero-order valence-electron chi connectivity index (χ0n) is 10.4. The Kier molecular flexibility index (Phi) is 5.54. The van der Waals surface area contributed by atoms with Crippen LogP contribution in [0.25, 0.3) is 0 Å². The number of ether oxygens (including phenoxy) is 1. The van der Waals surface area contributed by atoms with Gasteiger partial charge in [0.25, 0.3) is 0 Å². The van der Waals surface area contributed by atoms with Gasteiger partial charge in [-0.3, -0.25) is 9.00 Å². The summed E-state index contributed by atoms with van der Waals surface area (Å²) in [6, 6.07) is -0.836. The highest BCUT2D eigenvalue weighted by Gasteiger charge is 2.38. The second kappa shape index (κ2) is 6.69. The zero-order valence-corrected chi connectivity index (χ0v) is 11.2. The Balaban J connectivity index is 2.47. The van der Waals surface area contributed by atoms with Crippen LogP contribution in [0, 0.1) is 5.92 Å². The molecule has 1 saturated heterocycles. The molecule has 1 aliphatic rings. The van der Waals surface area contributed by atoms with Crippen LogP contribution < -0.4 is 5.32 Å². The first kappa shape index (κ1) is 14.9. The van der Waals surface area contributed by atoms with E-state index < -0.39 is 28.7 Å². The molecule has 1 aliphatic heterocycles. The second-order valence-corrected chi connectivity index (χ2v) is 5.72. The number of aliphatic carboxylic acids is 1. The first-order valence-corrected chi connectivity index (χ1v) is 7.27. The molecule has 0 bridgehead atoms. The van der Waals surface area contributed by atoms with Gasteiger partial charge in [-0.25, -0.2) is 4.79 Å². The highest BCUT2D eigenvalue weighted by molar-refractivity contribution is 7.84. The van der Waals surface area contributed by atoms with Gasteiger partial charge in [0.05, 0.1) is 19.3 Å². The van der Waals surface area contributed by atoms with Crippen LogP contribution in [-0.4, -0.2) is 71.1 Å². The molecule has 0 spiro atoms. The largest absolute Gasteiger partial charge is 0.481 e. The van der Waals surface area contributed by atoms with Crippen molar-refractivity contribution in [3.8, 4) is 0 Å². The Morgan fingerprint density at radius 3 is 2.72 bits per heavy atom. The van der Waals surface area contributed by atoms with Crippen LogP contribution in [0.4, 0.5) is 4.79 Å². The number of carbonyl (C=O) groups excluding carboxylic acids is 1. The minimum atomic E-state index is -0.966. The number of likely N-dealkylation sites (N-methyl/N-ethyl adjacent to an activating group) is 1. The minimum absolute atomic E-state index is 0.122. The summed E-state index contributed by atoms with van der Waals surface area (Å²) in [6.07, 6.45) is 1.56. The van der Waals surface area contributed by atoms with E-state index in [1.807, 2.05) is 0 Å². The molecule has 0 aromatic carbocycles. The smallest absolute Gasteiger partial charge is 0.317 e. The van der Waals surface area contributed by atoms with E-state index in [2.05, 4.69) is 5.32 Å². The average Bonchev–Trinajstić information content (AvgIpc) is 2.76. The van der Waals surface area contributed by atoms with E-state index in [-0.39, 0.29) is 19.2 Å². The molecule has 1 rings (SSSR count). The van der Waals surface area contributed by atoms with Crippen molar-refractivity contribution in [3.63, 3.8) is 0 Å². The molecule has 0 aliphatic carbocycles. The summed E-state index contributed by atoms with van der Waals surface area (Å²) in [5.41, 5.74) is 0. The molecule has 2 amide bonds. The number of carboxylic acid groups (broad SMARTS) is 1.